The quantitative estimate of drug-likeness (QED) is 0.533. The predicted octanol–water partition coefficient (Wildman–Crippen LogP) is 4.47. The van der Waals surface area contributed by atoms with E-state index < -0.39 is 15.5 Å². The zero-order chi connectivity index (χ0) is 20.8. The fraction of sp³-hybridized carbons (Fsp3) is 0.650. The standard InChI is InChI=1S/C20H30ClNO4S2/c1-20(2,15-22-10-4-3-5-11-22)19(23)14-18(27-12-13-28(24,25)26)16-6-8-17(21)9-7-16/h6-9,18H,3-5,10-15H2,1-2H3,(H,24,25,26)/t18-/m0/s1. The first-order valence-corrected chi connectivity index (χ1v) is 12.7. The first-order valence-electron chi connectivity index (χ1n) is 9.65. The fourth-order valence-corrected chi connectivity index (χ4v) is 5.71. The van der Waals surface area contributed by atoms with E-state index in [1.807, 2.05) is 26.0 Å². The van der Waals surface area contributed by atoms with Gasteiger partial charge in [0.2, 0.25) is 0 Å². The average molecular weight is 448 g/mol. The van der Waals surface area contributed by atoms with Crippen LogP contribution in [0.1, 0.15) is 50.3 Å². The molecule has 1 aliphatic heterocycles. The van der Waals surface area contributed by atoms with Crippen molar-refractivity contribution < 1.29 is 17.8 Å². The van der Waals surface area contributed by atoms with E-state index >= 15 is 0 Å². The lowest BCUT2D eigenvalue weighted by Crippen LogP contribution is -2.42. The molecular formula is C20H30ClNO4S2. The van der Waals surface area contributed by atoms with Crippen molar-refractivity contribution in [1.82, 2.24) is 4.90 Å². The average Bonchev–Trinajstić information content (AvgIpc) is 2.61. The van der Waals surface area contributed by atoms with E-state index in [9.17, 15) is 13.2 Å². The van der Waals surface area contributed by atoms with Crippen LogP contribution in [0.2, 0.25) is 5.02 Å². The van der Waals surface area contributed by atoms with Gasteiger partial charge in [0.1, 0.15) is 5.78 Å². The van der Waals surface area contributed by atoms with Crippen molar-refractivity contribution in [2.45, 2.75) is 44.8 Å². The van der Waals surface area contributed by atoms with Crippen LogP contribution < -0.4 is 0 Å². The number of piperidine rings is 1. The van der Waals surface area contributed by atoms with Gasteiger partial charge in [0, 0.05) is 34.4 Å². The number of benzene rings is 1. The highest BCUT2D eigenvalue weighted by molar-refractivity contribution is 8.00. The van der Waals surface area contributed by atoms with Crippen LogP contribution >= 0.6 is 23.4 Å². The molecule has 0 aromatic heterocycles. The maximum atomic E-state index is 13.1. The summed E-state index contributed by atoms with van der Waals surface area (Å²) in [6.07, 6.45) is 3.94. The van der Waals surface area contributed by atoms with Gasteiger partial charge in [-0.2, -0.15) is 20.2 Å². The number of rotatable bonds is 10. The number of hydrogen-bond donors (Lipinski definition) is 1. The number of carbonyl (C=O) groups is 1. The van der Waals surface area contributed by atoms with Crippen LogP contribution in [-0.2, 0) is 14.9 Å². The van der Waals surface area contributed by atoms with Crippen LogP contribution in [0.3, 0.4) is 0 Å². The van der Waals surface area contributed by atoms with Crippen molar-refractivity contribution in [3.63, 3.8) is 0 Å². The molecule has 0 spiro atoms. The summed E-state index contributed by atoms with van der Waals surface area (Å²) < 4.78 is 31.1. The molecule has 1 fully saturated rings. The highest BCUT2D eigenvalue weighted by atomic mass is 35.5. The molecule has 2 rings (SSSR count). The van der Waals surface area contributed by atoms with Crippen LogP contribution in [0.15, 0.2) is 24.3 Å². The third-order valence-electron chi connectivity index (χ3n) is 5.10. The van der Waals surface area contributed by atoms with Crippen molar-refractivity contribution in [3.05, 3.63) is 34.9 Å². The third-order valence-corrected chi connectivity index (χ3v) is 7.61. The monoisotopic (exact) mass is 447 g/mol. The van der Waals surface area contributed by atoms with E-state index in [0.717, 1.165) is 25.2 Å². The summed E-state index contributed by atoms with van der Waals surface area (Å²) in [4.78, 5) is 15.5. The van der Waals surface area contributed by atoms with Crippen LogP contribution in [0, 0.1) is 5.41 Å². The van der Waals surface area contributed by atoms with Gasteiger partial charge < -0.3 is 4.90 Å². The Labute approximate surface area is 178 Å². The molecule has 158 valence electrons. The molecule has 0 saturated carbocycles. The Kier molecular flexibility index (Phi) is 8.82. The molecule has 0 radical (unpaired) electrons. The number of carbonyl (C=O) groups excluding carboxylic acids is 1. The molecular weight excluding hydrogens is 418 g/mol. The Bertz CT molecular complexity index is 744. The first kappa shape index (κ1) is 23.7. The summed E-state index contributed by atoms with van der Waals surface area (Å²) in [7, 11) is -4.02. The summed E-state index contributed by atoms with van der Waals surface area (Å²) in [6.45, 7) is 6.81. The molecule has 1 saturated heterocycles. The minimum absolute atomic E-state index is 0.164. The van der Waals surface area contributed by atoms with E-state index in [2.05, 4.69) is 4.90 Å². The molecule has 8 heteroatoms. The molecule has 1 N–H and O–H groups in total. The lowest BCUT2D eigenvalue weighted by atomic mass is 9.84. The molecule has 5 nitrogen and oxygen atoms in total. The number of likely N-dealkylation sites (tertiary alicyclic amines) is 1. The summed E-state index contributed by atoms with van der Waals surface area (Å²) in [5.74, 6) is 0.0661. The second-order valence-electron chi connectivity index (χ2n) is 8.05. The summed E-state index contributed by atoms with van der Waals surface area (Å²) in [5.41, 5.74) is 0.470. The highest BCUT2D eigenvalue weighted by Gasteiger charge is 2.32. The molecule has 28 heavy (non-hydrogen) atoms. The Balaban J connectivity index is 2.06. The van der Waals surface area contributed by atoms with Crippen LogP contribution in [0.5, 0.6) is 0 Å². The molecule has 0 unspecified atom stereocenters. The second kappa shape index (κ2) is 10.4. The van der Waals surface area contributed by atoms with E-state index in [4.69, 9.17) is 16.2 Å². The molecule has 0 amide bonds. The van der Waals surface area contributed by atoms with E-state index in [-0.39, 0.29) is 22.5 Å². The minimum Gasteiger partial charge on any atom is -0.302 e. The van der Waals surface area contributed by atoms with E-state index in [0.29, 0.717) is 11.4 Å². The van der Waals surface area contributed by atoms with Crippen molar-refractivity contribution >= 4 is 39.3 Å². The first-order chi connectivity index (χ1) is 13.1. The van der Waals surface area contributed by atoms with Gasteiger partial charge in [0.25, 0.3) is 10.1 Å². The zero-order valence-electron chi connectivity index (χ0n) is 16.6. The number of halogens is 1. The number of Topliss-reactive ketones (excluding diaryl/α,β-unsaturated/α-hetero) is 1. The van der Waals surface area contributed by atoms with Crippen LogP contribution in [0.25, 0.3) is 0 Å². The van der Waals surface area contributed by atoms with Crippen molar-refractivity contribution in [2.24, 2.45) is 5.41 Å². The van der Waals surface area contributed by atoms with Gasteiger partial charge in [-0.25, -0.2) is 0 Å². The van der Waals surface area contributed by atoms with E-state index in [1.54, 1.807) is 12.1 Å². The minimum atomic E-state index is -4.02. The summed E-state index contributed by atoms with van der Waals surface area (Å²) >= 11 is 7.36. The summed E-state index contributed by atoms with van der Waals surface area (Å²) in [5, 5.41) is 0.439. The normalized spacial score (nSPS) is 17.4. The topological polar surface area (TPSA) is 74.7 Å². The predicted molar refractivity (Wildman–Crippen MR) is 117 cm³/mol. The molecule has 1 aromatic rings. The van der Waals surface area contributed by atoms with Gasteiger partial charge in [-0.3, -0.25) is 9.35 Å². The van der Waals surface area contributed by atoms with Crippen LogP contribution in [0.4, 0.5) is 0 Å². The van der Waals surface area contributed by atoms with Gasteiger partial charge in [-0.15, -0.1) is 0 Å². The molecule has 1 aliphatic rings. The molecule has 0 bridgehead atoms. The Morgan fingerprint density at radius 2 is 1.82 bits per heavy atom. The smallest absolute Gasteiger partial charge is 0.265 e. The van der Waals surface area contributed by atoms with Crippen molar-refractivity contribution in [1.29, 1.82) is 0 Å². The van der Waals surface area contributed by atoms with Crippen molar-refractivity contribution in [3.8, 4) is 0 Å². The molecule has 0 aliphatic carbocycles. The third kappa shape index (κ3) is 8.03. The van der Waals surface area contributed by atoms with Gasteiger partial charge in [0.15, 0.2) is 0 Å². The molecule has 1 aromatic carbocycles. The molecule has 1 heterocycles. The maximum absolute atomic E-state index is 13.1. The van der Waals surface area contributed by atoms with Gasteiger partial charge in [-0.05, 0) is 43.6 Å². The van der Waals surface area contributed by atoms with Gasteiger partial charge in [0.05, 0.1) is 5.75 Å². The molecule has 1 atom stereocenters. The number of ketones is 1. The number of thioether (sulfide) groups is 1. The Hall–Kier alpha value is -0.600. The maximum Gasteiger partial charge on any atom is 0.265 e. The van der Waals surface area contributed by atoms with E-state index in [1.165, 1.54) is 31.0 Å². The Morgan fingerprint density at radius 1 is 1.21 bits per heavy atom. The lowest BCUT2D eigenvalue weighted by Gasteiger charge is -2.34. The SMILES string of the molecule is CC(C)(CN1CCCCC1)C(=O)C[C@H](SCCS(=O)(=O)O)c1ccc(Cl)cc1. The second-order valence-corrected chi connectivity index (χ2v) is 11.4. The highest BCUT2D eigenvalue weighted by Crippen LogP contribution is 2.36. The van der Waals surface area contributed by atoms with Crippen LogP contribution in [-0.4, -0.2) is 54.8 Å². The van der Waals surface area contributed by atoms with Crippen molar-refractivity contribution in [2.75, 3.05) is 31.1 Å². The number of nitrogens with zero attached hydrogens (tertiary/aromatic N) is 1. The van der Waals surface area contributed by atoms with Gasteiger partial charge in [-0.1, -0.05) is 44.0 Å². The zero-order valence-corrected chi connectivity index (χ0v) is 19.0. The number of hydrogen-bond acceptors (Lipinski definition) is 5. The largest absolute Gasteiger partial charge is 0.302 e. The lowest BCUT2D eigenvalue weighted by molar-refractivity contribution is -0.128. The van der Waals surface area contributed by atoms with Gasteiger partial charge >= 0.3 is 0 Å². The fourth-order valence-electron chi connectivity index (χ4n) is 3.46. The Morgan fingerprint density at radius 3 is 2.39 bits per heavy atom. The summed E-state index contributed by atoms with van der Waals surface area (Å²) in [6, 6.07) is 7.30.